The topological polar surface area (TPSA) is 51.1 Å². The van der Waals surface area contributed by atoms with Crippen molar-refractivity contribution in [1.82, 2.24) is 9.88 Å². The van der Waals surface area contributed by atoms with Gasteiger partial charge in [0.2, 0.25) is 0 Å². The van der Waals surface area contributed by atoms with E-state index < -0.39 is 0 Å². The number of benzene rings is 2. The van der Waals surface area contributed by atoms with Crippen LogP contribution in [0.15, 0.2) is 95.6 Å². The quantitative estimate of drug-likeness (QED) is 0.583. The fourth-order valence-electron chi connectivity index (χ4n) is 4.33. The van der Waals surface area contributed by atoms with Gasteiger partial charge in [0.05, 0.1) is 6.04 Å². The minimum atomic E-state index is -0.387. The molecule has 0 bridgehead atoms. The van der Waals surface area contributed by atoms with Gasteiger partial charge in [-0.3, -0.25) is 9.59 Å². The van der Waals surface area contributed by atoms with Crippen LogP contribution in [0.25, 0.3) is 11.1 Å². The predicted molar refractivity (Wildman–Crippen MR) is 125 cm³/mol. The Labute approximate surface area is 182 Å². The molecule has 0 fully saturated rings. The molecular formula is C27H26N2O2. The summed E-state index contributed by atoms with van der Waals surface area (Å²) in [5.74, 6) is -0.387. The van der Waals surface area contributed by atoms with Gasteiger partial charge in [-0.1, -0.05) is 60.7 Å². The normalized spacial score (nSPS) is 15.8. The molecule has 1 aromatic heterocycles. The van der Waals surface area contributed by atoms with Crippen molar-refractivity contribution in [3.05, 3.63) is 118 Å². The van der Waals surface area contributed by atoms with E-state index in [0.717, 1.165) is 18.4 Å². The first kappa shape index (κ1) is 20.6. The van der Waals surface area contributed by atoms with Crippen LogP contribution in [-0.4, -0.2) is 10.5 Å². The van der Waals surface area contributed by atoms with Crippen molar-refractivity contribution in [2.45, 2.75) is 32.7 Å². The SMILES string of the molecule is C/C=C\C(=C/C)NC(=O)c1cccn(C2CCc3c(-c4ccccc4)cccc32)c1=O. The highest BCUT2D eigenvalue weighted by Gasteiger charge is 2.28. The van der Waals surface area contributed by atoms with Crippen molar-refractivity contribution < 1.29 is 4.79 Å². The molecule has 0 saturated heterocycles. The van der Waals surface area contributed by atoms with E-state index >= 15 is 0 Å². The van der Waals surface area contributed by atoms with Gasteiger partial charge in [0.25, 0.3) is 11.5 Å². The maximum atomic E-state index is 13.3. The molecule has 4 nitrogen and oxygen atoms in total. The molecule has 0 radical (unpaired) electrons. The lowest BCUT2D eigenvalue weighted by Crippen LogP contribution is -2.33. The summed E-state index contributed by atoms with van der Waals surface area (Å²) < 4.78 is 1.71. The van der Waals surface area contributed by atoms with Gasteiger partial charge in [0.15, 0.2) is 0 Å². The average Bonchev–Trinajstić information content (AvgIpc) is 3.23. The minimum absolute atomic E-state index is 0.0735. The van der Waals surface area contributed by atoms with Gasteiger partial charge < -0.3 is 9.88 Å². The third-order valence-corrected chi connectivity index (χ3v) is 5.79. The maximum absolute atomic E-state index is 13.3. The highest BCUT2D eigenvalue weighted by molar-refractivity contribution is 5.95. The molecule has 4 heteroatoms. The maximum Gasteiger partial charge on any atom is 0.263 e. The van der Waals surface area contributed by atoms with Crippen LogP contribution in [0.2, 0.25) is 0 Å². The van der Waals surface area contributed by atoms with Gasteiger partial charge in [0, 0.05) is 11.9 Å². The Kier molecular flexibility index (Phi) is 5.99. The number of aromatic nitrogens is 1. The largest absolute Gasteiger partial charge is 0.322 e. The molecule has 1 aliphatic carbocycles. The average molecular weight is 411 g/mol. The fourth-order valence-corrected chi connectivity index (χ4v) is 4.33. The standard InChI is InChI=1S/C27H26N2O2/c1-3-10-20(4-2)28-26(30)24-15-9-18-29(27(24)31)25-17-16-22-21(13-8-14-23(22)25)19-11-6-5-7-12-19/h3-15,18,25H,16-17H2,1-2H3,(H,28,30)/b10-3-,20-4+. The van der Waals surface area contributed by atoms with E-state index in [-0.39, 0.29) is 23.1 Å². The summed E-state index contributed by atoms with van der Waals surface area (Å²) in [4.78, 5) is 26.0. The molecule has 0 saturated carbocycles. The summed E-state index contributed by atoms with van der Waals surface area (Å²) >= 11 is 0. The lowest BCUT2D eigenvalue weighted by molar-refractivity contribution is 0.0965. The first-order chi connectivity index (χ1) is 15.1. The van der Waals surface area contributed by atoms with Crippen molar-refractivity contribution in [3.63, 3.8) is 0 Å². The molecule has 156 valence electrons. The number of rotatable bonds is 5. The van der Waals surface area contributed by atoms with Crippen LogP contribution >= 0.6 is 0 Å². The smallest absolute Gasteiger partial charge is 0.263 e. The van der Waals surface area contributed by atoms with E-state index in [1.807, 2.05) is 38.1 Å². The molecule has 31 heavy (non-hydrogen) atoms. The number of nitrogens with zero attached hydrogens (tertiary/aromatic N) is 1. The predicted octanol–water partition coefficient (Wildman–Crippen LogP) is 5.26. The number of hydrogen-bond donors (Lipinski definition) is 1. The first-order valence-electron chi connectivity index (χ1n) is 10.6. The van der Waals surface area contributed by atoms with Crippen molar-refractivity contribution in [1.29, 1.82) is 0 Å². The van der Waals surface area contributed by atoms with Crippen molar-refractivity contribution in [2.75, 3.05) is 0 Å². The Morgan fingerprint density at radius 3 is 2.58 bits per heavy atom. The molecular weight excluding hydrogens is 384 g/mol. The van der Waals surface area contributed by atoms with Crippen molar-refractivity contribution >= 4 is 5.91 Å². The number of allylic oxidation sites excluding steroid dienone is 3. The summed E-state index contributed by atoms with van der Waals surface area (Å²) in [5.41, 5.74) is 5.39. The fraction of sp³-hybridized carbons (Fsp3) is 0.185. The molecule has 1 amide bonds. The molecule has 1 atom stereocenters. The molecule has 1 heterocycles. The summed E-state index contributed by atoms with van der Waals surface area (Å²) in [7, 11) is 0. The zero-order valence-corrected chi connectivity index (χ0v) is 17.8. The number of amides is 1. The summed E-state index contributed by atoms with van der Waals surface area (Å²) in [6.07, 6.45) is 8.98. The van der Waals surface area contributed by atoms with Crippen LogP contribution in [0.4, 0.5) is 0 Å². The molecule has 0 aliphatic heterocycles. The van der Waals surface area contributed by atoms with E-state index in [1.54, 1.807) is 35.0 Å². The summed E-state index contributed by atoms with van der Waals surface area (Å²) in [5, 5.41) is 2.81. The van der Waals surface area contributed by atoms with Crippen LogP contribution in [-0.2, 0) is 6.42 Å². The van der Waals surface area contributed by atoms with Gasteiger partial charge >= 0.3 is 0 Å². The van der Waals surface area contributed by atoms with Gasteiger partial charge in [-0.15, -0.1) is 0 Å². The van der Waals surface area contributed by atoms with Crippen LogP contribution < -0.4 is 10.9 Å². The third kappa shape index (κ3) is 4.02. The zero-order chi connectivity index (χ0) is 21.8. The van der Waals surface area contributed by atoms with E-state index in [9.17, 15) is 9.59 Å². The van der Waals surface area contributed by atoms with E-state index in [4.69, 9.17) is 0 Å². The van der Waals surface area contributed by atoms with Crippen molar-refractivity contribution in [2.24, 2.45) is 0 Å². The number of pyridine rings is 1. The van der Waals surface area contributed by atoms with Crippen LogP contribution in [0.5, 0.6) is 0 Å². The first-order valence-corrected chi connectivity index (χ1v) is 10.6. The minimum Gasteiger partial charge on any atom is -0.322 e. The molecule has 1 unspecified atom stereocenters. The number of carbonyl (C=O) groups is 1. The van der Waals surface area contributed by atoms with Crippen molar-refractivity contribution in [3.8, 4) is 11.1 Å². The lowest BCUT2D eigenvalue weighted by Gasteiger charge is -2.17. The Balaban J connectivity index is 1.70. The second-order valence-corrected chi connectivity index (χ2v) is 7.63. The number of hydrogen-bond acceptors (Lipinski definition) is 2. The monoisotopic (exact) mass is 410 g/mol. The highest BCUT2D eigenvalue weighted by Crippen LogP contribution is 2.39. The summed E-state index contributed by atoms with van der Waals surface area (Å²) in [6, 6.07) is 19.9. The Morgan fingerprint density at radius 2 is 1.84 bits per heavy atom. The molecule has 2 aromatic carbocycles. The van der Waals surface area contributed by atoms with Crippen LogP contribution in [0.1, 0.15) is 47.8 Å². The number of fused-ring (bicyclic) bond motifs is 1. The molecule has 0 spiro atoms. The van der Waals surface area contributed by atoms with Gasteiger partial charge in [-0.2, -0.15) is 0 Å². The number of carbonyl (C=O) groups excluding carboxylic acids is 1. The van der Waals surface area contributed by atoms with Crippen LogP contribution in [0, 0.1) is 0 Å². The molecule has 1 aliphatic rings. The Bertz CT molecular complexity index is 1220. The number of nitrogens with one attached hydrogen (secondary N) is 1. The Hall–Kier alpha value is -3.66. The van der Waals surface area contributed by atoms with Gasteiger partial charge in [-0.05, 0) is 67.2 Å². The molecule has 1 N–H and O–H groups in total. The van der Waals surface area contributed by atoms with Crippen LogP contribution in [0.3, 0.4) is 0 Å². The van der Waals surface area contributed by atoms with E-state index in [2.05, 4.69) is 35.6 Å². The second kappa shape index (κ2) is 9.00. The van der Waals surface area contributed by atoms with Gasteiger partial charge in [-0.25, -0.2) is 0 Å². The summed E-state index contributed by atoms with van der Waals surface area (Å²) in [6.45, 7) is 3.73. The van der Waals surface area contributed by atoms with E-state index in [0.29, 0.717) is 5.70 Å². The van der Waals surface area contributed by atoms with Gasteiger partial charge in [0.1, 0.15) is 5.56 Å². The zero-order valence-electron chi connectivity index (χ0n) is 17.8. The second-order valence-electron chi connectivity index (χ2n) is 7.63. The van der Waals surface area contributed by atoms with E-state index in [1.165, 1.54) is 16.7 Å². The lowest BCUT2D eigenvalue weighted by atomic mass is 9.96. The third-order valence-electron chi connectivity index (χ3n) is 5.79. The Morgan fingerprint density at radius 1 is 1.03 bits per heavy atom. The highest BCUT2D eigenvalue weighted by atomic mass is 16.2. The molecule has 3 aromatic rings. The molecule has 4 rings (SSSR count).